The van der Waals surface area contributed by atoms with E-state index in [1.165, 1.54) is 4.90 Å². The Bertz CT molecular complexity index is 709. The molecule has 6 nitrogen and oxygen atoms in total. The molecule has 0 spiro atoms. The molecule has 0 radical (unpaired) electrons. The summed E-state index contributed by atoms with van der Waals surface area (Å²) in [5, 5.41) is 8.35. The fraction of sp³-hybridized carbons (Fsp3) is 0.500. The van der Waals surface area contributed by atoms with Crippen LogP contribution in [0.5, 0.6) is 5.75 Å². The van der Waals surface area contributed by atoms with E-state index in [1.54, 1.807) is 52.1 Å². The molecule has 23 heavy (non-hydrogen) atoms. The van der Waals surface area contributed by atoms with Crippen molar-refractivity contribution in [3.63, 3.8) is 0 Å². The lowest BCUT2D eigenvalue weighted by Crippen LogP contribution is -2.48. The Morgan fingerprint density at radius 3 is 2.35 bits per heavy atom. The smallest absolute Gasteiger partial charge is 0.263 e. The van der Waals surface area contributed by atoms with Crippen molar-refractivity contribution in [3.05, 3.63) is 29.8 Å². The van der Waals surface area contributed by atoms with Crippen molar-refractivity contribution in [1.29, 1.82) is 5.26 Å². The summed E-state index contributed by atoms with van der Waals surface area (Å²) in [4.78, 5) is 13.8. The molecule has 7 heteroatoms. The van der Waals surface area contributed by atoms with Gasteiger partial charge >= 0.3 is 0 Å². The van der Waals surface area contributed by atoms with E-state index in [0.717, 1.165) is 6.26 Å². The lowest BCUT2D eigenvalue weighted by Gasteiger charge is -2.31. The number of rotatable bonds is 6. The van der Waals surface area contributed by atoms with Crippen LogP contribution in [0, 0.1) is 11.3 Å². The third-order valence-electron chi connectivity index (χ3n) is 3.97. The second-order valence-electron chi connectivity index (χ2n) is 5.59. The second kappa shape index (κ2) is 7.47. The summed E-state index contributed by atoms with van der Waals surface area (Å²) in [6.45, 7) is 4.82. The molecule has 0 aliphatic heterocycles. The summed E-state index contributed by atoms with van der Waals surface area (Å²) >= 11 is 0. The first-order chi connectivity index (χ1) is 10.6. The Labute approximate surface area is 137 Å². The molecule has 0 saturated heterocycles. The maximum atomic E-state index is 12.4. The van der Waals surface area contributed by atoms with Crippen molar-refractivity contribution in [1.82, 2.24) is 4.90 Å². The summed E-state index contributed by atoms with van der Waals surface area (Å²) < 4.78 is 28.8. The number of nitriles is 1. The van der Waals surface area contributed by atoms with E-state index in [0.29, 0.717) is 11.3 Å². The summed E-state index contributed by atoms with van der Waals surface area (Å²) in [5.74, 6) is -0.0196. The van der Waals surface area contributed by atoms with E-state index in [1.807, 2.05) is 6.07 Å². The van der Waals surface area contributed by atoms with Gasteiger partial charge in [-0.15, -0.1) is 0 Å². The Morgan fingerprint density at radius 1 is 1.26 bits per heavy atom. The highest BCUT2D eigenvalue weighted by Gasteiger charge is 2.30. The van der Waals surface area contributed by atoms with Crippen molar-refractivity contribution in [3.8, 4) is 11.8 Å². The predicted octanol–water partition coefficient (Wildman–Crippen LogP) is 1.61. The van der Waals surface area contributed by atoms with Gasteiger partial charge in [-0.2, -0.15) is 5.26 Å². The molecule has 0 unspecified atom stereocenters. The Balaban J connectivity index is 2.86. The number of amides is 1. The largest absolute Gasteiger partial charge is 0.480 e. The first-order valence-corrected chi connectivity index (χ1v) is 9.16. The number of carbonyl (C=O) groups is 1. The Hall–Kier alpha value is -2.07. The monoisotopic (exact) mass is 338 g/mol. The van der Waals surface area contributed by atoms with Crippen LogP contribution in [0.3, 0.4) is 0 Å². The van der Waals surface area contributed by atoms with Crippen molar-refractivity contribution < 1.29 is 17.9 Å². The molecule has 0 N–H and O–H groups in total. The predicted molar refractivity (Wildman–Crippen MR) is 87.8 cm³/mol. The van der Waals surface area contributed by atoms with Gasteiger partial charge in [-0.3, -0.25) is 4.79 Å². The van der Waals surface area contributed by atoms with Gasteiger partial charge in [0, 0.05) is 19.3 Å². The van der Waals surface area contributed by atoms with E-state index >= 15 is 0 Å². The number of hydrogen-bond acceptors (Lipinski definition) is 5. The number of benzene rings is 1. The Kier molecular flexibility index (Phi) is 6.16. The van der Waals surface area contributed by atoms with Gasteiger partial charge < -0.3 is 9.64 Å². The van der Waals surface area contributed by atoms with E-state index in [-0.39, 0.29) is 5.91 Å². The molecule has 0 aliphatic carbocycles. The summed E-state index contributed by atoms with van der Waals surface area (Å²) in [6, 6.07) is 8.15. The molecule has 126 valence electrons. The summed E-state index contributed by atoms with van der Waals surface area (Å²) in [6.07, 6.45) is 0.318. The van der Waals surface area contributed by atoms with Crippen LogP contribution in [0.4, 0.5) is 0 Å². The SMILES string of the molecule is C[C@H](Oc1ccccc1C#N)C(=O)N(C)[C@@H](C)[C@H](C)S(C)(=O)=O. The lowest BCUT2D eigenvalue weighted by molar-refractivity contribution is -0.138. The van der Waals surface area contributed by atoms with Crippen LogP contribution < -0.4 is 4.74 Å². The molecule has 3 atom stereocenters. The normalized spacial score (nSPS) is 15.1. The topological polar surface area (TPSA) is 87.5 Å². The van der Waals surface area contributed by atoms with Crippen molar-refractivity contribution in [2.45, 2.75) is 38.2 Å². The van der Waals surface area contributed by atoms with Crippen LogP contribution in [0.2, 0.25) is 0 Å². The average molecular weight is 338 g/mol. The fourth-order valence-electron chi connectivity index (χ4n) is 2.06. The maximum Gasteiger partial charge on any atom is 0.263 e. The van der Waals surface area contributed by atoms with E-state index in [9.17, 15) is 13.2 Å². The van der Waals surface area contributed by atoms with Gasteiger partial charge in [0.15, 0.2) is 15.9 Å². The van der Waals surface area contributed by atoms with Crippen molar-refractivity contribution in [2.75, 3.05) is 13.3 Å². The van der Waals surface area contributed by atoms with Crippen LogP contribution in [0.15, 0.2) is 24.3 Å². The Morgan fingerprint density at radius 2 is 1.83 bits per heavy atom. The highest BCUT2D eigenvalue weighted by atomic mass is 32.2. The van der Waals surface area contributed by atoms with E-state index in [2.05, 4.69) is 0 Å². The third kappa shape index (κ3) is 4.70. The van der Waals surface area contributed by atoms with Crippen LogP contribution in [-0.2, 0) is 14.6 Å². The highest BCUT2D eigenvalue weighted by molar-refractivity contribution is 7.91. The molecule has 0 fully saturated rings. The standard InChI is InChI=1S/C16H22N2O4S/c1-11(13(3)23(5,20)21)18(4)16(19)12(2)22-15-9-7-6-8-14(15)10-17/h6-9,11-13H,1-5H3/t11-,12-,13-/m0/s1. The molecule has 1 amide bonds. The number of hydrogen-bond donors (Lipinski definition) is 0. The molecule has 1 aromatic carbocycles. The third-order valence-corrected chi connectivity index (χ3v) is 5.72. The maximum absolute atomic E-state index is 12.4. The van der Waals surface area contributed by atoms with Gasteiger partial charge in [0.25, 0.3) is 5.91 Å². The van der Waals surface area contributed by atoms with Gasteiger partial charge in [0.2, 0.25) is 0 Å². The van der Waals surface area contributed by atoms with Crippen LogP contribution in [-0.4, -0.2) is 49.9 Å². The van der Waals surface area contributed by atoms with Crippen LogP contribution in [0.1, 0.15) is 26.3 Å². The van der Waals surface area contributed by atoms with Gasteiger partial charge in [0.1, 0.15) is 11.8 Å². The molecule has 1 aromatic rings. The van der Waals surface area contributed by atoms with Crippen LogP contribution in [0.25, 0.3) is 0 Å². The second-order valence-corrected chi connectivity index (χ2v) is 8.00. The minimum Gasteiger partial charge on any atom is -0.480 e. The van der Waals surface area contributed by atoms with E-state index < -0.39 is 27.2 Å². The van der Waals surface area contributed by atoms with Crippen LogP contribution >= 0.6 is 0 Å². The minimum absolute atomic E-state index is 0.327. The number of carbonyl (C=O) groups excluding carboxylic acids is 1. The summed E-state index contributed by atoms with van der Waals surface area (Å²) in [7, 11) is -1.71. The van der Waals surface area contributed by atoms with Crippen molar-refractivity contribution in [2.24, 2.45) is 0 Å². The number of nitrogens with zero attached hydrogens (tertiary/aromatic N) is 2. The van der Waals surface area contributed by atoms with Gasteiger partial charge in [-0.05, 0) is 32.9 Å². The first-order valence-electron chi connectivity index (χ1n) is 7.21. The fourth-order valence-corrected chi connectivity index (χ4v) is 2.96. The molecule has 0 saturated carbocycles. The molecule has 0 heterocycles. The lowest BCUT2D eigenvalue weighted by atomic mass is 10.2. The number of sulfone groups is 1. The number of para-hydroxylation sites is 1. The zero-order chi connectivity index (χ0) is 17.8. The molecular formula is C16H22N2O4S. The molecule has 0 aromatic heterocycles. The molecule has 0 aliphatic rings. The molecule has 0 bridgehead atoms. The van der Waals surface area contributed by atoms with Gasteiger partial charge in [-0.1, -0.05) is 12.1 Å². The van der Waals surface area contributed by atoms with Gasteiger partial charge in [0.05, 0.1) is 10.8 Å². The molecular weight excluding hydrogens is 316 g/mol. The first kappa shape index (κ1) is 19.0. The zero-order valence-electron chi connectivity index (χ0n) is 14.0. The van der Waals surface area contributed by atoms with E-state index in [4.69, 9.17) is 10.00 Å². The average Bonchev–Trinajstić information content (AvgIpc) is 2.51. The number of likely N-dealkylation sites (N-methyl/N-ethyl adjacent to an activating group) is 1. The zero-order valence-corrected chi connectivity index (χ0v) is 14.8. The van der Waals surface area contributed by atoms with Gasteiger partial charge in [-0.25, -0.2) is 8.42 Å². The quantitative estimate of drug-likeness (QED) is 0.786. The van der Waals surface area contributed by atoms with Crippen molar-refractivity contribution >= 4 is 15.7 Å². The highest BCUT2D eigenvalue weighted by Crippen LogP contribution is 2.19. The molecule has 1 rings (SSSR count). The summed E-state index contributed by atoms with van der Waals surface area (Å²) in [5.41, 5.74) is 0.340. The number of ether oxygens (including phenoxy) is 1. The minimum atomic E-state index is -3.25.